The second-order valence-electron chi connectivity index (χ2n) is 7.39. The molecule has 8 nitrogen and oxygen atoms in total. The molecular weight excluding hydrogens is 472 g/mol. The van der Waals surface area contributed by atoms with E-state index in [4.69, 9.17) is 30.5 Å². The lowest BCUT2D eigenvalue weighted by Crippen LogP contribution is -2.30. The number of ether oxygens (including phenoxy) is 4. The Morgan fingerprint density at radius 1 is 0.857 bits per heavy atom. The van der Waals surface area contributed by atoms with Gasteiger partial charge in [0.1, 0.15) is 5.75 Å². The van der Waals surface area contributed by atoms with Gasteiger partial charge < -0.3 is 24.3 Å². The van der Waals surface area contributed by atoms with E-state index >= 15 is 0 Å². The number of hydrogen-bond donors (Lipinski definition) is 2. The molecule has 0 aliphatic rings. The average molecular weight is 499 g/mol. The van der Waals surface area contributed by atoms with Crippen LogP contribution in [-0.4, -0.2) is 46.9 Å². The Morgan fingerprint density at radius 3 is 2.14 bits per heavy atom. The van der Waals surface area contributed by atoms with Crippen LogP contribution in [0.2, 0.25) is 5.02 Å². The third-order valence-corrected chi connectivity index (χ3v) is 5.57. The molecule has 0 fully saturated rings. The Balaban J connectivity index is 2.03. The van der Waals surface area contributed by atoms with Gasteiger partial charge in [-0.15, -0.1) is 0 Å². The van der Waals surface area contributed by atoms with Crippen molar-refractivity contribution in [2.24, 2.45) is 0 Å². The first-order valence-electron chi connectivity index (χ1n) is 10.7. The Morgan fingerprint density at radius 2 is 1.51 bits per heavy atom. The second-order valence-corrected chi connectivity index (χ2v) is 7.83. The Labute approximate surface area is 209 Å². The van der Waals surface area contributed by atoms with Gasteiger partial charge in [-0.2, -0.15) is 0 Å². The summed E-state index contributed by atoms with van der Waals surface area (Å²) in [7, 11) is 5.77. The fraction of sp³-hybridized carbons (Fsp3) is 0.231. The van der Waals surface area contributed by atoms with Gasteiger partial charge in [-0.3, -0.25) is 14.9 Å². The minimum atomic E-state index is -0.439. The number of carbonyl (C=O) groups excluding carboxylic acids is 2. The van der Waals surface area contributed by atoms with Crippen molar-refractivity contribution in [3.63, 3.8) is 0 Å². The van der Waals surface area contributed by atoms with Crippen molar-refractivity contribution < 1.29 is 28.5 Å². The van der Waals surface area contributed by atoms with Gasteiger partial charge in [-0.05, 0) is 23.3 Å². The lowest BCUT2D eigenvalue weighted by molar-refractivity contribution is -0.139. The van der Waals surface area contributed by atoms with E-state index in [-0.39, 0.29) is 12.1 Å². The number of esters is 1. The summed E-state index contributed by atoms with van der Waals surface area (Å²) in [5, 5.41) is 6.56. The van der Waals surface area contributed by atoms with E-state index in [1.54, 1.807) is 30.3 Å². The molecule has 35 heavy (non-hydrogen) atoms. The van der Waals surface area contributed by atoms with Crippen LogP contribution in [0.3, 0.4) is 0 Å². The van der Waals surface area contributed by atoms with Crippen molar-refractivity contribution in [1.29, 1.82) is 0 Å². The van der Waals surface area contributed by atoms with E-state index in [0.717, 1.165) is 5.56 Å². The SMILES string of the molecule is COC(=O)CNC(c1ccccc1)c1ccc(Cl)cc1NC(=O)c1cc(OC)c(OC)cc1OC. The number of amides is 1. The molecule has 0 bridgehead atoms. The molecule has 3 aromatic rings. The van der Waals surface area contributed by atoms with Crippen LogP contribution in [0.4, 0.5) is 5.69 Å². The average Bonchev–Trinajstić information content (AvgIpc) is 2.89. The van der Waals surface area contributed by atoms with Crippen molar-refractivity contribution in [3.8, 4) is 17.2 Å². The van der Waals surface area contributed by atoms with Crippen molar-refractivity contribution in [2.75, 3.05) is 40.3 Å². The highest BCUT2D eigenvalue weighted by atomic mass is 35.5. The third-order valence-electron chi connectivity index (χ3n) is 5.34. The first kappa shape index (κ1) is 25.9. The second kappa shape index (κ2) is 12.1. The summed E-state index contributed by atoms with van der Waals surface area (Å²) >= 11 is 6.29. The molecule has 0 aliphatic heterocycles. The van der Waals surface area contributed by atoms with E-state index in [9.17, 15) is 9.59 Å². The fourth-order valence-electron chi connectivity index (χ4n) is 3.60. The molecule has 2 N–H and O–H groups in total. The first-order valence-corrected chi connectivity index (χ1v) is 11.1. The lowest BCUT2D eigenvalue weighted by Gasteiger charge is -2.23. The fourth-order valence-corrected chi connectivity index (χ4v) is 3.77. The molecule has 0 heterocycles. The van der Waals surface area contributed by atoms with E-state index in [1.165, 1.54) is 28.4 Å². The topological polar surface area (TPSA) is 95.1 Å². The van der Waals surface area contributed by atoms with E-state index in [0.29, 0.717) is 33.5 Å². The van der Waals surface area contributed by atoms with Gasteiger partial charge in [0, 0.05) is 22.8 Å². The molecule has 184 valence electrons. The van der Waals surface area contributed by atoms with E-state index in [1.807, 2.05) is 30.3 Å². The van der Waals surface area contributed by atoms with Crippen LogP contribution >= 0.6 is 11.6 Å². The summed E-state index contributed by atoms with van der Waals surface area (Å²) in [4.78, 5) is 25.2. The van der Waals surface area contributed by atoms with Crippen LogP contribution in [0.5, 0.6) is 17.2 Å². The predicted molar refractivity (Wildman–Crippen MR) is 134 cm³/mol. The molecular formula is C26H27ClN2O6. The van der Waals surface area contributed by atoms with Crippen LogP contribution < -0.4 is 24.8 Å². The molecule has 1 unspecified atom stereocenters. The van der Waals surface area contributed by atoms with Crippen molar-refractivity contribution >= 4 is 29.2 Å². The molecule has 3 rings (SSSR count). The van der Waals surface area contributed by atoms with Gasteiger partial charge in [-0.1, -0.05) is 48.0 Å². The van der Waals surface area contributed by atoms with Crippen LogP contribution in [0, 0.1) is 0 Å². The zero-order valence-electron chi connectivity index (χ0n) is 19.9. The largest absolute Gasteiger partial charge is 0.496 e. The van der Waals surface area contributed by atoms with Gasteiger partial charge in [0.05, 0.1) is 46.6 Å². The van der Waals surface area contributed by atoms with Crippen molar-refractivity contribution in [2.45, 2.75) is 6.04 Å². The zero-order valence-corrected chi connectivity index (χ0v) is 20.6. The molecule has 0 saturated heterocycles. The number of methoxy groups -OCH3 is 4. The molecule has 9 heteroatoms. The summed E-state index contributed by atoms with van der Waals surface area (Å²) in [5.74, 6) is 0.269. The number of rotatable bonds is 10. The minimum absolute atomic E-state index is 0.0322. The number of halogens is 1. The maximum absolute atomic E-state index is 13.4. The Kier molecular flexibility index (Phi) is 8.94. The van der Waals surface area contributed by atoms with Crippen LogP contribution in [0.25, 0.3) is 0 Å². The summed E-state index contributed by atoms with van der Waals surface area (Å²) in [6, 6.07) is 17.4. The third kappa shape index (κ3) is 6.23. The number of nitrogens with one attached hydrogen (secondary N) is 2. The Bertz CT molecular complexity index is 1190. The molecule has 1 amide bonds. The van der Waals surface area contributed by atoms with Gasteiger partial charge in [-0.25, -0.2) is 0 Å². The number of benzene rings is 3. The van der Waals surface area contributed by atoms with Gasteiger partial charge in [0.15, 0.2) is 11.5 Å². The van der Waals surface area contributed by atoms with Gasteiger partial charge >= 0.3 is 5.97 Å². The van der Waals surface area contributed by atoms with Crippen LogP contribution in [0.15, 0.2) is 60.7 Å². The van der Waals surface area contributed by atoms with Crippen LogP contribution in [0.1, 0.15) is 27.5 Å². The highest BCUT2D eigenvalue weighted by Crippen LogP contribution is 2.36. The van der Waals surface area contributed by atoms with Crippen molar-refractivity contribution in [1.82, 2.24) is 5.32 Å². The lowest BCUT2D eigenvalue weighted by atomic mass is 9.96. The standard InChI is InChI=1S/C26H27ClN2O6/c1-32-21-14-23(34-3)22(33-2)13-19(21)26(31)29-20-12-17(27)10-11-18(20)25(28-15-24(30)35-4)16-8-6-5-7-9-16/h5-14,25,28H,15H2,1-4H3,(H,29,31). The first-order chi connectivity index (χ1) is 16.9. The maximum atomic E-state index is 13.4. The van der Waals surface area contributed by atoms with Gasteiger partial charge in [0.25, 0.3) is 5.91 Å². The monoisotopic (exact) mass is 498 g/mol. The normalized spacial score (nSPS) is 11.3. The smallest absolute Gasteiger partial charge is 0.319 e. The highest BCUT2D eigenvalue weighted by molar-refractivity contribution is 6.31. The summed E-state index contributed by atoms with van der Waals surface area (Å²) in [6.45, 7) is -0.0322. The summed E-state index contributed by atoms with van der Waals surface area (Å²) in [5.41, 5.74) is 2.30. The Hall–Kier alpha value is -3.75. The summed E-state index contributed by atoms with van der Waals surface area (Å²) in [6.07, 6.45) is 0. The van der Waals surface area contributed by atoms with E-state index < -0.39 is 17.9 Å². The predicted octanol–water partition coefficient (Wildman–Crippen LogP) is 4.47. The molecule has 0 aromatic heterocycles. The quantitative estimate of drug-likeness (QED) is 0.398. The number of anilines is 1. The number of hydrogen-bond acceptors (Lipinski definition) is 7. The molecule has 1 atom stereocenters. The van der Waals surface area contributed by atoms with Crippen molar-refractivity contribution in [3.05, 3.63) is 82.4 Å². The highest BCUT2D eigenvalue weighted by Gasteiger charge is 2.23. The molecule has 0 saturated carbocycles. The maximum Gasteiger partial charge on any atom is 0.319 e. The summed E-state index contributed by atoms with van der Waals surface area (Å²) < 4.78 is 20.8. The number of carbonyl (C=O) groups is 2. The molecule has 0 radical (unpaired) electrons. The van der Waals surface area contributed by atoms with E-state index in [2.05, 4.69) is 10.6 Å². The molecule has 0 spiro atoms. The minimum Gasteiger partial charge on any atom is -0.496 e. The zero-order chi connectivity index (χ0) is 25.4. The van der Waals surface area contributed by atoms with Gasteiger partial charge in [0.2, 0.25) is 0 Å². The molecule has 3 aromatic carbocycles. The van der Waals surface area contributed by atoms with Crippen LogP contribution in [-0.2, 0) is 9.53 Å². The molecule has 0 aliphatic carbocycles.